The zero-order valence-corrected chi connectivity index (χ0v) is 15.2. The Kier molecular flexibility index (Phi) is 6.85. The number of benzene rings is 2. The van der Waals surface area contributed by atoms with Gasteiger partial charge in [-0.2, -0.15) is 13.2 Å². The molecule has 27 heavy (non-hydrogen) atoms. The highest BCUT2D eigenvalue weighted by Crippen LogP contribution is 2.38. The molecule has 0 aliphatic rings. The van der Waals surface area contributed by atoms with Gasteiger partial charge in [-0.25, -0.2) is 4.79 Å². The van der Waals surface area contributed by atoms with Gasteiger partial charge in [0.1, 0.15) is 0 Å². The Morgan fingerprint density at radius 2 is 1.78 bits per heavy atom. The van der Waals surface area contributed by atoms with Gasteiger partial charge in [0.05, 0.1) is 18.2 Å². The smallest absolute Gasteiger partial charge is 0.417 e. The highest BCUT2D eigenvalue weighted by Gasteiger charge is 2.34. The maximum Gasteiger partial charge on any atom is 0.417 e. The van der Waals surface area contributed by atoms with Crippen molar-refractivity contribution in [3.05, 3.63) is 53.6 Å². The molecule has 0 spiro atoms. The first-order valence-corrected chi connectivity index (χ1v) is 8.55. The van der Waals surface area contributed by atoms with Gasteiger partial charge in [0.25, 0.3) is 0 Å². The zero-order valence-electron chi connectivity index (χ0n) is 14.4. The largest absolute Gasteiger partial charge is 0.465 e. The number of halogens is 4. The van der Waals surface area contributed by atoms with Crippen LogP contribution in [0.2, 0.25) is 0 Å². The van der Waals surface area contributed by atoms with E-state index >= 15 is 0 Å². The van der Waals surface area contributed by atoms with E-state index in [4.69, 9.17) is 11.6 Å². The molecule has 0 saturated heterocycles. The number of carbonyl (C=O) groups is 2. The molecule has 8 heteroatoms. The molecule has 1 N–H and O–H groups in total. The van der Waals surface area contributed by atoms with Gasteiger partial charge in [-0.3, -0.25) is 4.79 Å². The molecule has 144 valence electrons. The molecular weight excluding hydrogens is 383 g/mol. The number of hydrogen-bond acceptors (Lipinski definition) is 3. The quantitative estimate of drug-likeness (QED) is 0.542. The lowest BCUT2D eigenvalue weighted by Crippen LogP contribution is -2.13. The van der Waals surface area contributed by atoms with E-state index in [1.807, 2.05) is 0 Å². The first-order chi connectivity index (χ1) is 12.8. The van der Waals surface area contributed by atoms with Crippen LogP contribution in [0.15, 0.2) is 42.5 Å². The third kappa shape index (κ3) is 5.47. The molecule has 0 atom stereocenters. The van der Waals surface area contributed by atoms with Crippen LogP contribution in [0.25, 0.3) is 11.1 Å². The summed E-state index contributed by atoms with van der Waals surface area (Å²) in [6.45, 7) is 0. The first kappa shape index (κ1) is 20.8. The van der Waals surface area contributed by atoms with Crippen molar-refractivity contribution in [3.8, 4) is 11.1 Å². The van der Waals surface area contributed by atoms with Gasteiger partial charge in [0.2, 0.25) is 5.91 Å². The fourth-order valence-corrected chi connectivity index (χ4v) is 2.60. The van der Waals surface area contributed by atoms with Gasteiger partial charge in [0.15, 0.2) is 0 Å². The van der Waals surface area contributed by atoms with E-state index < -0.39 is 23.6 Å². The lowest BCUT2D eigenvalue weighted by molar-refractivity contribution is -0.137. The molecule has 1 amide bonds. The Bertz CT molecular complexity index is 820. The van der Waals surface area contributed by atoms with Crippen LogP contribution >= 0.6 is 11.6 Å². The highest BCUT2D eigenvalue weighted by molar-refractivity contribution is 6.18. The molecule has 2 rings (SSSR count). The average molecular weight is 400 g/mol. The Morgan fingerprint density at radius 3 is 2.33 bits per heavy atom. The van der Waals surface area contributed by atoms with Crippen molar-refractivity contribution in [3.63, 3.8) is 0 Å². The molecular formula is C19H17ClF3NO3. The fraction of sp³-hybridized carbons (Fsp3) is 0.263. The van der Waals surface area contributed by atoms with Crippen LogP contribution in [-0.2, 0) is 15.7 Å². The molecule has 4 nitrogen and oxygen atoms in total. The number of alkyl halides is 4. The van der Waals surface area contributed by atoms with E-state index in [0.717, 1.165) is 6.07 Å². The van der Waals surface area contributed by atoms with E-state index in [0.29, 0.717) is 12.3 Å². The summed E-state index contributed by atoms with van der Waals surface area (Å²) in [4.78, 5) is 23.2. The summed E-state index contributed by atoms with van der Waals surface area (Å²) in [5, 5.41) is 2.44. The summed E-state index contributed by atoms with van der Waals surface area (Å²) in [5.74, 6) is -0.687. The minimum Gasteiger partial charge on any atom is -0.465 e. The van der Waals surface area contributed by atoms with Crippen molar-refractivity contribution in [1.82, 2.24) is 0 Å². The molecule has 2 aromatic rings. The van der Waals surface area contributed by atoms with Crippen LogP contribution in [0.4, 0.5) is 18.9 Å². The SMILES string of the molecule is COC(=O)c1ccc(-c2ccc(NC(=O)CCCCl)cc2C(F)(F)F)cc1. The van der Waals surface area contributed by atoms with Crippen molar-refractivity contribution in [2.24, 2.45) is 0 Å². The summed E-state index contributed by atoms with van der Waals surface area (Å²) in [5.41, 5.74) is -0.369. The Labute approximate surface area is 159 Å². The summed E-state index contributed by atoms with van der Waals surface area (Å²) in [7, 11) is 1.22. The zero-order chi connectivity index (χ0) is 20.0. The second-order valence-electron chi connectivity index (χ2n) is 5.67. The molecule has 0 unspecified atom stereocenters. The van der Waals surface area contributed by atoms with E-state index in [1.54, 1.807) is 0 Å². The molecule has 0 radical (unpaired) electrons. The van der Waals surface area contributed by atoms with Crippen molar-refractivity contribution in [1.29, 1.82) is 0 Å². The van der Waals surface area contributed by atoms with Gasteiger partial charge in [-0.05, 0) is 41.8 Å². The Hall–Kier alpha value is -2.54. The van der Waals surface area contributed by atoms with E-state index in [1.165, 1.54) is 43.5 Å². The maximum absolute atomic E-state index is 13.5. The number of amides is 1. The van der Waals surface area contributed by atoms with Crippen molar-refractivity contribution in [2.75, 3.05) is 18.3 Å². The number of rotatable bonds is 6. The second kappa shape index (κ2) is 8.90. The van der Waals surface area contributed by atoms with E-state index in [2.05, 4.69) is 10.1 Å². The van der Waals surface area contributed by atoms with Crippen molar-refractivity contribution in [2.45, 2.75) is 19.0 Å². The van der Waals surface area contributed by atoms with Gasteiger partial charge in [0, 0.05) is 18.0 Å². The maximum atomic E-state index is 13.5. The van der Waals surface area contributed by atoms with Crippen LogP contribution in [0.5, 0.6) is 0 Å². The lowest BCUT2D eigenvalue weighted by Gasteiger charge is -2.15. The van der Waals surface area contributed by atoms with Crippen LogP contribution in [-0.4, -0.2) is 24.9 Å². The summed E-state index contributed by atoms with van der Waals surface area (Å²) in [6.07, 6.45) is -4.06. The Balaban J connectivity index is 2.36. The number of hydrogen-bond donors (Lipinski definition) is 1. The average Bonchev–Trinajstić information content (AvgIpc) is 2.65. The fourth-order valence-electron chi connectivity index (χ4n) is 2.46. The van der Waals surface area contributed by atoms with E-state index in [-0.39, 0.29) is 28.8 Å². The normalized spacial score (nSPS) is 11.1. The standard InChI is InChI=1S/C19H17ClF3NO3/c1-27-18(26)13-6-4-12(5-7-13)15-9-8-14(11-16(15)19(21,22)23)24-17(25)3-2-10-20/h4-9,11H,2-3,10H2,1H3,(H,24,25). The number of esters is 1. The molecule has 0 fully saturated rings. The van der Waals surface area contributed by atoms with Crippen LogP contribution in [0, 0.1) is 0 Å². The number of carbonyl (C=O) groups excluding carboxylic acids is 2. The number of nitrogens with one attached hydrogen (secondary N) is 1. The highest BCUT2D eigenvalue weighted by atomic mass is 35.5. The third-order valence-electron chi connectivity index (χ3n) is 3.76. The Morgan fingerprint density at radius 1 is 1.11 bits per heavy atom. The van der Waals surface area contributed by atoms with Gasteiger partial charge in [-0.15, -0.1) is 11.6 Å². The van der Waals surface area contributed by atoms with Gasteiger partial charge < -0.3 is 10.1 Å². The summed E-state index contributed by atoms with van der Waals surface area (Å²) >= 11 is 5.50. The summed E-state index contributed by atoms with van der Waals surface area (Å²) < 4.78 is 45.1. The minimum atomic E-state index is -4.62. The number of ether oxygens (including phenoxy) is 1. The van der Waals surface area contributed by atoms with Crippen LogP contribution in [0.3, 0.4) is 0 Å². The van der Waals surface area contributed by atoms with Crippen molar-refractivity contribution < 1.29 is 27.5 Å². The number of methoxy groups -OCH3 is 1. The van der Waals surface area contributed by atoms with Gasteiger partial charge >= 0.3 is 12.1 Å². The predicted molar refractivity (Wildman–Crippen MR) is 96.8 cm³/mol. The molecule has 0 heterocycles. The van der Waals surface area contributed by atoms with Crippen LogP contribution in [0.1, 0.15) is 28.8 Å². The third-order valence-corrected chi connectivity index (χ3v) is 4.03. The molecule has 0 aromatic heterocycles. The monoisotopic (exact) mass is 399 g/mol. The minimum absolute atomic E-state index is 0.0526. The van der Waals surface area contributed by atoms with Crippen LogP contribution < -0.4 is 5.32 Å². The lowest BCUT2D eigenvalue weighted by atomic mass is 9.97. The first-order valence-electron chi connectivity index (χ1n) is 8.02. The topological polar surface area (TPSA) is 55.4 Å². The van der Waals surface area contributed by atoms with Gasteiger partial charge in [-0.1, -0.05) is 18.2 Å². The molecule has 0 bridgehead atoms. The predicted octanol–water partition coefficient (Wildman–Crippen LogP) is 5.12. The van der Waals surface area contributed by atoms with Crippen molar-refractivity contribution >= 4 is 29.2 Å². The molecule has 2 aromatic carbocycles. The second-order valence-corrected chi connectivity index (χ2v) is 6.05. The molecule has 0 aliphatic carbocycles. The van der Waals surface area contributed by atoms with E-state index in [9.17, 15) is 22.8 Å². The summed E-state index contributed by atoms with van der Waals surface area (Å²) in [6, 6.07) is 9.18. The molecule has 0 saturated carbocycles. The number of anilines is 1. The molecule has 0 aliphatic heterocycles.